The number of ketones is 1. The third kappa shape index (κ3) is 2.68. The predicted octanol–water partition coefficient (Wildman–Crippen LogP) is 4.21. The minimum atomic E-state index is 0.0237. The molecule has 4 heteroatoms. The largest absolute Gasteiger partial charge is 0.494 e. The number of pyridine rings is 2. The highest BCUT2D eigenvalue weighted by atomic mass is 16.5. The normalized spacial score (nSPS) is 10.7. The summed E-state index contributed by atoms with van der Waals surface area (Å²) in [7, 11) is 1.57. The molecule has 0 saturated heterocycles. The molecule has 0 amide bonds. The van der Waals surface area contributed by atoms with Crippen molar-refractivity contribution in [3.05, 3.63) is 53.9 Å². The first-order chi connectivity index (χ1) is 11.2. The van der Waals surface area contributed by atoms with Crippen LogP contribution in [0.3, 0.4) is 0 Å². The van der Waals surface area contributed by atoms with Gasteiger partial charge in [-0.2, -0.15) is 0 Å². The highest BCUT2D eigenvalue weighted by molar-refractivity contribution is 6.11. The van der Waals surface area contributed by atoms with E-state index >= 15 is 0 Å². The molecule has 0 aliphatic carbocycles. The van der Waals surface area contributed by atoms with Crippen molar-refractivity contribution in [3.8, 4) is 17.0 Å². The van der Waals surface area contributed by atoms with Crippen molar-refractivity contribution >= 4 is 16.7 Å². The summed E-state index contributed by atoms with van der Waals surface area (Å²) in [6.07, 6.45) is 3.76. The molecule has 0 N–H and O–H groups in total. The second kappa shape index (κ2) is 6.16. The van der Waals surface area contributed by atoms with Gasteiger partial charge in [0.25, 0.3) is 0 Å². The van der Waals surface area contributed by atoms with Crippen LogP contribution in [0.15, 0.2) is 42.7 Å². The Kier molecular flexibility index (Phi) is 4.06. The summed E-state index contributed by atoms with van der Waals surface area (Å²) in [6, 6.07) is 9.85. The highest BCUT2D eigenvalue weighted by Crippen LogP contribution is 2.36. The lowest BCUT2D eigenvalue weighted by Gasteiger charge is -2.15. The fraction of sp³-hybridized carbons (Fsp3) is 0.211. The average Bonchev–Trinajstić information content (AvgIpc) is 2.60. The Labute approximate surface area is 135 Å². The number of rotatable bonds is 4. The second-order valence-electron chi connectivity index (χ2n) is 5.40. The van der Waals surface area contributed by atoms with Gasteiger partial charge in [0.05, 0.1) is 18.2 Å². The van der Waals surface area contributed by atoms with Crippen LogP contribution in [0, 0.1) is 6.92 Å². The number of ether oxygens (including phenoxy) is 1. The molecule has 0 atom stereocenters. The van der Waals surface area contributed by atoms with Gasteiger partial charge in [-0.05, 0) is 13.0 Å². The van der Waals surface area contributed by atoms with Gasteiger partial charge in [0.2, 0.25) is 0 Å². The van der Waals surface area contributed by atoms with Crippen LogP contribution in [-0.4, -0.2) is 22.9 Å². The van der Waals surface area contributed by atoms with Gasteiger partial charge in [0.15, 0.2) is 11.5 Å². The van der Waals surface area contributed by atoms with Gasteiger partial charge in [0, 0.05) is 29.8 Å². The van der Waals surface area contributed by atoms with Crippen LogP contribution in [0.1, 0.15) is 29.3 Å². The van der Waals surface area contributed by atoms with Gasteiger partial charge in [-0.1, -0.05) is 36.8 Å². The smallest absolute Gasteiger partial charge is 0.167 e. The molecule has 0 aliphatic heterocycles. The first-order valence-corrected chi connectivity index (χ1v) is 7.57. The van der Waals surface area contributed by atoms with E-state index in [0.717, 1.165) is 16.5 Å². The van der Waals surface area contributed by atoms with E-state index in [1.54, 1.807) is 19.5 Å². The number of hydrogen-bond donors (Lipinski definition) is 0. The molecule has 23 heavy (non-hydrogen) atoms. The SMILES string of the molecule is CCC(=O)c1c(OC)c(-c2ccc(C)cc2)nc2ccncc12. The number of hydrogen-bond acceptors (Lipinski definition) is 4. The molecule has 0 saturated carbocycles. The minimum absolute atomic E-state index is 0.0237. The molecule has 3 rings (SSSR count). The van der Waals surface area contributed by atoms with Crippen LogP contribution >= 0.6 is 0 Å². The second-order valence-corrected chi connectivity index (χ2v) is 5.40. The molecule has 0 radical (unpaired) electrons. The number of carbonyl (C=O) groups excluding carboxylic acids is 1. The number of aromatic nitrogens is 2. The van der Waals surface area contributed by atoms with Crippen LogP contribution in [0.25, 0.3) is 22.2 Å². The van der Waals surface area contributed by atoms with Gasteiger partial charge in [-0.3, -0.25) is 9.78 Å². The Balaban J connectivity index is 2.37. The maximum Gasteiger partial charge on any atom is 0.167 e. The number of methoxy groups -OCH3 is 1. The van der Waals surface area contributed by atoms with Gasteiger partial charge in [0.1, 0.15) is 5.69 Å². The Bertz CT molecular complexity index is 870. The van der Waals surface area contributed by atoms with E-state index in [-0.39, 0.29) is 5.78 Å². The fourth-order valence-electron chi connectivity index (χ4n) is 2.65. The van der Waals surface area contributed by atoms with Crippen molar-refractivity contribution in [3.63, 3.8) is 0 Å². The average molecular weight is 306 g/mol. The maximum absolute atomic E-state index is 12.5. The van der Waals surface area contributed by atoms with Gasteiger partial charge >= 0.3 is 0 Å². The zero-order valence-electron chi connectivity index (χ0n) is 13.5. The van der Waals surface area contributed by atoms with E-state index in [9.17, 15) is 4.79 Å². The molecule has 0 fully saturated rings. The lowest BCUT2D eigenvalue weighted by Crippen LogP contribution is -2.05. The van der Waals surface area contributed by atoms with Crippen LogP contribution in [0.4, 0.5) is 0 Å². The van der Waals surface area contributed by atoms with Crippen molar-refractivity contribution in [1.82, 2.24) is 9.97 Å². The molecule has 1 aromatic carbocycles. The summed E-state index contributed by atoms with van der Waals surface area (Å²) in [4.78, 5) is 21.3. The quantitative estimate of drug-likeness (QED) is 0.678. The van der Waals surface area contributed by atoms with Crippen molar-refractivity contribution in [1.29, 1.82) is 0 Å². The Morgan fingerprint density at radius 3 is 2.57 bits per heavy atom. The summed E-state index contributed by atoms with van der Waals surface area (Å²) in [5.41, 5.74) is 4.08. The van der Waals surface area contributed by atoms with E-state index in [1.807, 2.05) is 44.2 Å². The van der Waals surface area contributed by atoms with E-state index in [1.165, 1.54) is 5.56 Å². The summed E-state index contributed by atoms with van der Waals surface area (Å²) in [5.74, 6) is 0.539. The molecule has 2 aromatic heterocycles. The molecular weight excluding hydrogens is 288 g/mol. The van der Waals surface area contributed by atoms with Crippen molar-refractivity contribution < 1.29 is 9.53 Å². The van der Waals surface area contributed by atoms with Gasteiger partial charge < -0.3 is 4.74 Å². The Morgan fingerprint density at radius 2 is 1.91 bits per heavy atom. The predicted molar refractivity (Wildman–Crippen MR) is 90.9 cm³/mol. The molecule has 0 bridgehead atoms. The van der Waals surface area contributed by atoms with Crippen LogP contribution < -0.4 is 4.74 Å². The summed E-state index contributed by atoms with van der Waals surface area (Å²) in [6.45, 7) is 3.88. The third-order valence-electron chi connectivity index (χ3n) is 3.87. The molecule has 2 heterocycles. The molecule has 116 valence electrons. The topological polar surface area (TPSA) is 52.1 Å². The zero-order valence-corrected chi connectivity index (χ0v) is 13.5. The summed E-state index contributed by atoms with van der Waals surface area (Å²) in [5, 5.41) is 0.729. The number of benzene rings is 1. The summed E-state index contributed by atoms with van der Waals surface area (Å²) >= 11 is 0. The molecule has 0 unspecified atom stereocenters. The van der Waals surface area contributed by atoms with Crippen LogP contribution in [0.5, 0.6) is 5.75 Å². The van der Waals surface area contributed by atoms with E-state index in [4.69, 9.17) is 9.72 Å². The number of nitrogens with zero attached hydrogens (tertiary/aromatic N) is 2. The zero-order chi connectivity index (χ0) is 16.4. The molecule has 0 aliphatic rings. The third-order valence-corrected chi connectivity index (χ3v) is 3.87. The van der Waals surface area contributed by atoms with Gasteiger partial charge in [-0.25, -0.2) is 4.98 Å². The van der Waals surface area contributed by atoms with Crippen molar-refractivity contribution in [2.75, 3.05) is 7.11 Å². The highest BCUT2D eigenvalue weighted by Gasteiger charge is 2.21. The lowest BCUT2D eigenvalue weighted by atomic mass is 9.99. The Morgan fingerprint density at radius 1 is 1.17 bits per heavy atom. The number of carbonyl (C=O) groups is 1. The Hall–Kier alpha value is -2.75. The number of fused-ring (bicyclic) bond motifs is 1. The fourth-order valence-corrected chi connectivity index (χ4v) is 2.65. The number of aryl methyl sites for hydroxylation is 1. The first kappa shape index (κ1) is 15.2. The maximum atomic E-state index is 12.5. The molecule has 0 spiro atoms. The van der Waals surface area contributed by atoms with E-state index in [2.05, 4.69) is 4.98 Å². The molecule has 4 nitrogen and oxygen atoms in total. The standard InChI is InChI=1S/C19H18N2O2/c1-4-16(22)17-14-11-20-10-9-15(14)21-18(19(17)23-3)13-7-5-12(2)6-8-13/h5-11H,4H2,1-3H3. The molecule has 3 aromatic rings. The van der Waals surface area contributed by atoms with Gasteiger partial charge in [-0.15, -0.1) is 0 Å². The first-order valence-electron chi connectivity index (χ1n) is 7.57. The summed E-state index contributed by atoms with van der Waals surface area (Å²) < 4.78 is 5.58. The lowest BCUT2D eigenvalue weighted by molar-refractivity contribution is 0.0987. The minimum Gasteiger partial charge on any atom is -0.494 e. The monoisotopic (exact) mass is 306 g/mol. The van der Waals surface area contributed by atoms with Crippen LogP contribution in [0.2, 0.25) is 0 Å². The van der Waals surface area contributed by atoms with Crippen LogP contribution in [-0.2, 0) is 0 Å². The van der Waals surface area contributed by atoms with Crippen molar-refractivity contribution in [2.45, 2.75) is 20.3 Å². The van der Waals surface area contributed by atoms with E-state index in [0.29, 0.717) is 23.4 Å². The van der Waals surface area contributed by atoms with E-state index < -0.39 is 0 Å². The number of Topliss-reactive ketones (excluding diaryl/α,β-unsaturated/α-hetero) is 1. The van der Waals surface area contributed by atoms with Crippen molar-refractivity contribution in [2.24, 2.45) is 0 Å². The molecular formula is C19H18N2O2.